The molecule has 0 amide bonds. The molecular weight excluding hydrogens is 312 g/mol. The third-order valence-corrected chi connectivity index (χ3v) is 4.10. The van der Waals surface area contributed by atoms with Crippen molar-refractivity contribution in [3.05, 3.63) is 69.0 Å². The van der Waals surface area contributed by atoms with Gasteiger partial charge in [-0.25, -0.2) is 4.39 Å². The zero-order chi connectivity index (χ0) is 15.6. The number of benzene rings is 2. The highest BCUT2D eigenvalue weighted by molar-refractivity contribution is 6.35. The van der Waals surface area contributed by atoms with E-state index in [2.05, 4.69) is 0 Å². The van der Waals surface area contributed by atoms with Crippen LogP contribution in [-0.2, 0) is 0 Å². The fourth-order valence-corrected chi connectivity index (χ4v) is 2.89. The Morgan fingerprint density at radius 1 is 1.19 bits per heavy atom. The van der Waals surface area contributed by atoms with Crippen LogP contribution in [0.1, 0.15) is 28.7 Å². The Morgan fingerprint density at radius 2 is 1.90 bits per heavy atom. The first-order chi connectivity index (χ1) is 9.95. The van der Waals surface area contributed by atoms with Crippen LogP contribution < -0.4 is 5.73 Å². The summed E-state index contributed by atoms with van der Waals surface area (Å²) in [5, 5.41) is 11.4. The van der Waals surface area contributed by atoms with Crippen molar-refractivity contribution in [1.82, 2.24) is 0 Å². The Kier molecular flexibility index (Phi) is 5.22. The highest BCUT2D eigenvalue weighted by Gasteiger charge is 2.26. The van der Waals surface area contributed by atoms with E-state index in [1.807, 2.05) is 0 Å². The van der Waals surface area contributed by atoms with Crippen LogP contribution in [0.3, 0.4) is 0 Å². The number of halogens is 3. The molecule has 21 heavy (non-hydrogen) atoms. The summed E-state index contributed by atoms with van der Waals surface area (Å²) < 4.78 is 14.2. The second-order valence-electron chi connectivity index (χ2n) is 4.93. The van der Waals surface area contributed by atoms with E-state index in [1.54, 1.807) is 43.3 Å². The minimum atomic E-state index is -1.08. The number of nitrogens with two attached hydrogens (primary N) is 1. The molecule has 2 aromatic carbocycles. The lowest BCUT2D eigenvalue weighted by molar-refractivity contribution is 0.143. The number of rotatable bonds is 4. The zero-order valence-corrected chi connectivity index (χ0v) is 13.0. The maximum atomic E-state index is 14.2. The van der Waals surface area contributed by atoms with Crippen LogP contribution in [0, 0.1) is 12.7 Å². The van der Waals surface area contributed by atoms with Gasteiger partial charge in [0, 0.05) is 28.1 Å². The molecule has 2 nitrogen and oxygen atoms in total. The number of hydrogen-bond acceptors (Lipinski definition) is 2. The topological polar surface area (TPSA) is 46.2 Å². The molecule has 112 valence electrons. The summed E-state index contributed by atoms with van der Waals surface area (Å²) in [6.07, 6.45) is -1.08. The summed E-state index contributed by atoms with van der Waals surface area (Å²) >= 11 is 12.0. The quantitative estimate of drug-likeness (QED) is 0.883. The van der Waals surface area contributed by atoms with Gasteiger partial charge < -0.3 is 10.8 Å². The Labute approximate surface area is 133 Å². The zero-order valence-electron chi connectivity index (χ0n) is 11.5. The number of hydrogen-bond donors (Lipinski definition) is 2. The van der Waals surface area contributed by atoms with Gasteiger partial charge in [0.25, 0.3) is 0 Å². The summed E-state index contributed by atoms with van der Waals surface area (Å²) in [4.78, 5) is 0. The van der Waals surface area contributed by atoms with Crippen molar-refractivity contribution >= 4 is 23.2 Å². The molecule has 0 bridgehead atoms. The average Bonchev–Trinajstić information content (AvgIpc) is 2.44. The second-order valence-corrected chi connectivity index (χ2v) is 5.77. The molecule has 0 saturated heterocycles. The van der Waals surface area contributed by atoms with E-state index in [4.69, 9.17) is 28.9 Å². The van der Waals surface area contributed by atoms with E-state index in [9.17, 15) is 9.50 Å². The molecule has 2 aromatic rings. The van der Waals surface area contributed by atoms with Crippen LogP contribution in [0.4, 0.5) is 4.39 Å². The Balaban J connectivity index is 2.43. The summed E-state index contributed by atoms with van der Waals surface area (Å²) in [5.74, 6) is -0.931. The molecule has 2 rings (SSSR count). The van der Waals surface area contributed by atoms with Crippen molar-refractivity contribution < 1.29 is 9.50 Å². The van der Waals surface area contributed by atoms with E-state index in [1.165, 1.54) is 0 Å². The molecule has 0 radical (unpaired) electrons. The molecule has 3 N–H and O–H groups in total. The van der Waals surface area contributed by atoms with E-state index in [0.29, 0.717) is 21.2 Å². The van der Waals surface area contributed by atoms with Gasteiger partial charge in [0.15, 0.2) is 0 Å². The molecule has 0 heterocycles. The maximum Gasteiger partial charge on any atom is 0.131 e. The molecule has 0 saturated carbocycles. The summed E-state index contributed by atoms with van der Waals surface area (Å²) in [6.45, 7) is 1.79. The van der Waals surface area contributed by atoms with Gasteiger partial charge in [-0.1, -0.05) is 47.5 Å². The van der Waals surface area contributed by atoms with Crippen molar-refractivity contribution in [2.24, 2.45) is 5.73 Å². The van der Waals surface area contributed by atoms with Gasteiger partial charge >= 0.3 is 0 Å². The third kappa shape index (κ3) is 3.38. The lowest BCUT2D eigenvalue weighted by Crippen LogP contribution is -2.21. The van der Waals surface area contributed by atoms with Gasteiger partial charge in [-0.15, -0.1) is 0 Å². The van der Waals surface area contributed by atoms with Gasteiger partial charge in [-0.05, 0) is 30.2 Å². The fraction of sp³-hybridized carbons (Fsp3) is 0.250. The highest BCUT2D eigenvalue weighted by Crippen LogP contribution is 2.36. The molecule has 0 aliphatic heterocycles. The van der Waals surface area contributed by atoms with Crippen molar-refractivity contribution in [3.63, 3.8) is 0 Å². The molecule has 0 aliphatic carbocycles. The third-order valence-electron chi connectivity index (χ3n) is 3.54. The van der Waals surface area contributed by atoms with Crippen molar-refractivity contribution in [3.8, 4) is 0 Å². The van der Waals surface area contributed by atoms with Crippen LogP contribution >= 0.6 is 23.2 Å². The Morgan fingerprint density at radius 3 is 2.52 bits per heavy atom. The SMILES string of the molecule is Cc1cccc(C(O)C(CN)c2ccc(Cl)cc2Cl)c1F. The molecule has 0 fully saturated rings. The van der Waals surface area contributed by atoms with Crippen molar-refractivity contribution in [2.75, 3.05) is 6.54 Å². The lowest BCUT2D eigenvalue weighted by atomic mass is 9.88. The largest absolute Gasteiger partial charge is 0.388 e. The molecule has 0 spiro atoms. The van der Waals surface area contributed by atoms with E-state index >= 15 is 0 Å². The number of aliphatic hydroxyl groups excluding tert-OH is 1. The van der Waals surface area contributed by atoms with Crippen molar-refractivity contribution in [2.45, 2.75) is 18.9 Å². The van der Waals surface area contributed by atoms with Crippen LogP contribution in [-0.4, -0.2) is 11.7 Å². The molecule has 2 unspecified atom stereocenters. The first-order valence-corrected chi connectivity index (χ1v) is 7.29. The smallest absolute Gasteiger partial charge is 0.131 e. The average molecular weight is 328 g/mol. The minimum absolute atomic E-state index is 0.135. The van der Waals surface area contributed by atoms with Crippen LogP contribution in [0.5, 0.6) is 0 Å². The van der Waals surface area contributed by atoms with E-state index < -0.39 is 17.8 Å². The molecule has 5 heteroatoms. The first kappa shape index (κ1) is 16.2. The maximum absolute atomic E-state index is 14.2. The molecular formula is C16H16Cl2FNO. The van der Waals surface area contributed by atoms with Crippen LogP contribution in [0.2, 0.25) is 10.0 Å². The highest BCUT2D eigenvalue weighted by atomic mass is 35.5. The van der Waals surface area contributed by atoms with Gasteiger partial charge in [0.1, 0.15) is 5.82 Å². The Bertz CT molecular complexity index is 648. The van der Waals surface area contributed by atoms with Crippen molar-refractivity contribution in [1.29, 1.82) is 0 Å². The van der Waals surface area contributed by atoms with E-state index in [0.717, 1.165) is 0 Å². The summed E-state index contributed by atoms with van der Waals surface area (Å²) in [7, 11) is 0. The lowest BCUT2D eigenvalue weighted by Gasteiger charge is -2.24. The van der Waals surface area contributed by atoms with Gasteiger partial charge in [0.05, 0.1) is 6.10 Å². The standard InChI is InChI=1S/C16H16Cl2FNO/c1-9-3-2-4-12(15(9)19)16(21)13(8-20)11-6-5-10(17)7-14(11)18/h2-7,13,16,21H,8,20H2,1H3. The van der Waals surface area contributed by atoms with Gasteiger partial charge in [-0.3, -0.25) is 0 Å². The van der Waals surface area contributed by atoms with Crippen LogP contribution in [0.25, 0.3) is 0 Å². The molecule has 0 aromatic heterocycles. The van der Waals surface area contributed by atoms with Gasteiger partial charge in [-0.2, -0.15) is 0 Å². The normalized spacial score (nSPS) is 14.0. The predicted octanol–water partition coefficient (Wildman–Crippen LogP) is 4.22. The fourth-order valence-electron chi connectivity index (χ4n) is 2.34. The second kappa shape index (κ2) is 6.75. The first-order valence-electron chi connectivity index (χ1n) is 6.53. The molecule has 2 atom stereocenters. The van der Waals surface area contributed by atoms with E-state index in [-0.39, 0.29) is 12.1 Å². The minimum Gasteiger partial charge on any atom is -0.388 e. The molecule has 0 aliphatic rings. The summed E-state index contributed by atoms with van der Waals surface area (Å²) in [5.41, 5.74) is 7.11. The summed E-state index contributed by atoms with van der Waals surface area (Å²) in [6, 6.07) is 9.87. The monoisotopic (exact) mass is 327 g/mol. The predicted molar refractivity (Wildman–Crippen MR) is 84.4 cm³/mol. The van der Waals surface area contributed by atoms with Crippen LogP contribution in [0.15, 0.2) is 36.4 Å². The number of aryl methyl sites for hydroxylation is 1. The van der Waals surface area contributed by atoms with Gasteiger partial charge in [0.2, 0.25) is 0 Å². The Hall–Kier alpha value is -1.13. The number of aliphatic hydroxyl groups is 1.